The van der Waals surface area contributed by atoms with Crippen LogP contribution in [-0.4, -0.2) is 23.5 Å². The number of rotatable bonds is 7. The summed E-state index contributed by atoms with van der Waals surface area (Å²) in [5, 5.41) is 3.05. The lowest BCUT2D eigenvalue weighted by Gasteiger charge is -2.22. The van der Waals surface area contributed by atoms with E-state index in [1.807, 2.05) is 31.2 Å². The molecule has 5 nitrogen and oxygen atoms in total. The summed E-state index contributed by atoms with van der Waals surface area (Å²) in [5.74, 6) is 1.42. The van der Waals surface area contributed by atoms with Crippen molar-refractivity contribution < 1.29 is 9.53 Å². The molecule has 2 aliphatic rings. The Morgan fingerprint density at radius 1 is 1.07 bits per heavy atom. The summed E-state index contributed by atoms with van der Waals surface area (Å²) in [4.78, 5) is 27.3. The molecule has 0 radical (unpaired) electrons. The highest BCUT2D eigenvalue weighted by molar-refractivity contribution is 5.78. The molecule has 1 amide bonds. The van der Waals surface area contributed by atoms with Crippen molar-refractivity contribution in [3.63, 3.8) is 0 Å². The van der Waals surface area contributed by atoms with Gasteiger partial charge in [-0.25, -0.2) is 0 Å². The van der Waals surface area contributed by atoms with Gasteiger partial charge < -0.3 is 15.0 Å². The van der Waals surface area contributed by atoms with Gasteiger partial charge in [-0.15, -0.1) is 0 Å². The quantitative estimate of drug-likeness (QED) is 0.788. The maximum atomic E-state index is 12.5. The van der Waals surface area contributed by atoms with Gasteiger partial charge >= 0.3 is 0 Å². The minimum absolute atomic E-state index is 0.0291. The molecule has 1 aromatic heterocycles. The number of amides is 1. The van der Waals surface area contributed by atoms with Crippen molar-refractivity contribution in [2.24, 2.45) is 0 Å². The maximum absolute atomic E-state index is 12.5. The summed E-state index contributed by atoms with van der Waals surface area (Å²) < 4.78 is 5.55. The van der Waals surface area contributed by atoms with E-state index in [4.69, 9.17) is 4.74 Å². The maximum Gasteiger partial charge on any atom is 0.251 e. The van der Waals surface area contributed by atoms with Crippen molar-refractivity contribution in [2.45, 2.75) is 56.9 Å². The number of aromatic nitrogens is 1. The molecule has 1 unspecified atom stereocenters. The molecule has 1 saturated heterocycles. The molecule has 1 aliphatic carbocycles. The standard InChI is InChI=1S/C22H26N2O3/c1-2-27-17-8-5-15(6-9-17)19(13-16-7-12-21(25)23-16)20-11-10-18(14-3-4-14)22(26)24-20/h5-6,8-11,14,16,19H,2-4,7,12-13H2,1H3,(H,23,25)(H,24,26)/t16-,19?/m1/s1. The number of carbonyl (C=O) groups is 1. The summed E-state index contributed by atoms with van der Waals surface area (Å²) in [6, 6.07) is 12.2. The van der Waals surface area contributed by atoms with Crippen LogP contribution in [0.4, 0.5) is 0 Å². The molecule has 5 heteroatoms. The smallest absolute Gasteiger partial charge is 0.251 e. The van der Waals surface area contributed by atoms with E-state index in [0.717, 1.165) is 48.3 Å². The molecule has 2 aromatic rings. The Hall–Kier alpha value is -2.56. The highest BCUT2D eigenvalue weighted by atomic mass is 16.5. The van der Waals surface area contributed by atoms with Gasteiger partial charge in [0.05, 0.1) is 6.61 Å². The zero-order chi connectivity index (χ0) is 18.8. The second-order valence-corrected chi connectivity index (χ2v) is 7.57. The fourth-order valence-corrected chi connectivity index (χ4v) is 3.96. The number of ether oxygens (including phenoxy) is 1. The third kappa shape index (κ3) is 4.07. The molecule has 1 aliphatic heterocycles. The van der Waals surface area contributed by atoms with Crippen LogP contribution in [-0.2, 0) is 4.79 Å². The van der Waals surface area contributed by atoms with Gasteiger partial charge in [0.1, 0.15) is 5.75 Å². The number of carbonyl (C=O) groups excluding carboxylic acids is 1. The number of H-pyrrole nitrogens is 1. The lowest BCUT2D eigenvalue weighted by Crippen LogP contribution is -2.28. The Kier molecular flexibility index (Phi) is 5.01. The highest BCUT2D eigenvalue weighted by Gasteiger charge is 2.29. The Morgan fingerprint density at radius 3 is 2.44 bits per heavy atom. The first-order valence-electron chi connectivity index (χ1n) is 9.89. The molecule has 2 atom stereocenters. The minimum atomic E-state index is 0.0291. The summed E-state index contributed by atoms with van der Waals surface area (Å²) in [5.41, 5.74) is 2.96. The summed E-state index contributed by atoms with van der Waals surface area (Å²) >= 11 is 0. The van der Waals surface area contributed by atoms with Gasteiger partial charge in [0.15, 0.2) is 0 Å². The van der Waals surface area contributed by atoms with Crippen molar-refractivity contribution in [1.29, 1.82) is 0 Å². The molecule has 4 rings (SSSR count). The van der Waals surface area contributed by atoms with Crippen LogP contribution < -0.4 is 15.6 Å². The van der Waals surface area contributed by atoms with Crippen LogP contribution in [0.1, 0.15) is 67.7 Å². The topological polar surface area (TPSA) is 71.2 Å². The van der Waals surface area contributed by atoms with Crippen LogP contribution in [0, 0.1) is 0 Å². The van der Waals surface area contributed by atoms with Crippen molar-refractivity contribution in [1.82, 2.24) is 10.3 Å². The van der Waals surface area contributed by atoms with Gasteiger partial charge in [0.2, 0.25) is 5.91 Å². The van der Waals surface area contributed by atoms with Crippen molar-refractivity contribution >= 4 is 5.91 Å². The molecule has 0 bridgehead atoms. The monoisotopic (exact) mass is 366 g/mol. The van der Waals surface area contributed by atoms with Crippen LogP contribution >= 0.6 is 0 Å². The fourth-order valence-electron chi connectivity index (χ4n) is 3.96. The lowest BCUT2D eigenvalue weighted by atomic mass is 9.88. The second kappa shape index (κ2) is 7.59. The van der Waals surface area contributed by atoms with Crippen LogP contribution in [0.5, 0.6) is 5.75 Å². The van der Waals surface area contributed by atoms with E-state index < -0.39 is 0 Å². The van der Waals surface area contributed by atoms with Crippen molar-refractivity contribution in [3.8, 4) is 5.75 Å². The van der Waals surface area contributed by atoms with Crippen molar-refractivity contribution in [3.05, 3.63) is 63.6 Å². The van der Waals surface area contributed by atoms with Crippen LogP contribution in [0.3, 0.4) is 0 Å². The van der Waals surface area contributed by atoms with Gasteiger partial charge in [-0.1, -0.05) is 18.2 Å². The van der Waals surface area contributed by atoms with E-state index >= 15 is 0 Å². The molecular weight excluding hydrogens is 340 g/mol. The lowest BCUT2D eigenvalue weighted by molar-refractivity contribution is -0.119. The average Bonchev–Trinajstić information content (AvgIpc) is 3.42. The highest BCUT2D eigenvalue weighted by Crippen LogP contribution is 2.39. The SMILES string of the molecule is CCOc1ccc(C(C[C@H]2CCC(=O)N2)c2ccc(C3CC3)c(=O)[nH]2)cc1. The third-order valence-corrected chi connectivity index (χ3v) is 5.55. The summed E-state index contributed by atoms with van der Waals surface area (Å²) in [6.45, 7) is 2.60. The molecular formula is C22H26N2O3. The second-order valence-electron chi connectivity index (χ2n) is 7.57. The fraction of sp³-hybridized carbons (Fsp3) is 0.455. The van der Waals surface area contributed by atoms with E-state index in [1.54, 1.807) is 0 Å². The molecule has 1 saturated carbocycles. The molecule has 2 fully saturated rings. The number of aromatic amines is 1. The van der Waals surface area contributed by atoms with Gasteiger partial charge in [-0.05, 0) is 62.3 Å². The Bertz CT molecular complexity index is 868. The first-order valence-corrected chi connectivity index (χ1v) is 9.89. The molecule has 2 heterocycles. The van der Waals surface area contributed by atoms with Crippen molar-refractivity contribution in [2.75, 3.05) is 6.61 Å². The first kappa shape index (κ1) is 17.8. The Morgan fingerprint density at radius 2 is 1.85 bits per heavy atom. The van der Waals surface area contributed by atoms with Crippen LogP contribution in [0.15, 0.2) is 41.2 Å². The van der Waals surface area contributed by atoms with E-state index in [1.165, 1.54) is 0 Å². The van der Waals surface area contributed by atoms with Crippen LogP contribution in [0.2, 0.25) is 0 Å². The predicted octanol–water partition coefficient (Wildman–Crippen LogP) is 3.45. The number of nitrogens with one attached hydrogen (secondary N) is 2. The van der Waals surface area contributed by atoms with E-state index in [9.17, 15) is 9.59 Å². The van der Waals surface area contributed by atoms with Gasteiger partial charge in [-0.2, -0.15) is 0 Å². The average molecular weight is 366 g/mol. The van der Waals surface area contributed by atoms with E-state index in [0.29, 0.717) is 18.9 Å². The summed E-state index contributed by atoms with van der Waals surface area (Å²) in [6.07, 6.45) is 4.42. The summed E-state index contributed by atoms with van der Waals surface area (Å²) in [7, 11) is 0. The number of hydrogen-bond donors (Lipinski definition) is 2. The first-order chi connectivity index (χ1) is 13.1. The molecule has 0 spiro atoms. The minimum Gasteiger partial charge on any atom is -0.494 e. The Labute approximate surface area is 159 Å². The molecule has 142 valence electrons. The predicted molar refractivity (Wildman–Crippen MR) is 104 cm³/mol. The largest absolute Gasteiger partial charge is 0.494 e. The number of pyridine rings is 1. The van der Waals surface area contributed by atoms with Gasteiger partial charge in [0, 0.05) is 29.6 Å². The number of benzene rings is 1. The molecule has 1 aromatic carbocycles. The van der Waals surface area contributed by atoms with E-state index in [2.05, 4.69) is 22.4 Å². The molecule has 27 heavy (non-hydrogen) atoms. The Balaban J connectivity index is 1.63. The number of hydrogen-bond acceptors (Lipinski definition) is 3. The third-order valence-electron chi connectivity index (χ3n) is 5.55. The zero-order valence-electron chi connectivity index (χ0n) is 15.7. The molecule has 2 N–H and O–H groups in total. The van der Waals surface area contributed by atoms with E-state index in [-0.39, 0.29) is 23.4 Å². The zero-order valence-corrected chi connectivity index (χ0v) is 15.7. The normalized spacial score (nSPS) is 20.3. The van der Waals surface area contributed by atoms with Gasteiger partial charge in [-0.3, -0.25) is 9.59 Å². The van der Waals surface area contributed by atoms with Gasteiger partial charge in [0.25, 0.3) is 5.56 Å². The van der Waals surface area contributed by atoms with Crippen LogP contribution in [0.25, 0.3) is 0 Å².